The summed E-state index contributed by atoms with van der Waals surface area (Å²) in [4.78, 5) is 0. The van der Waals surface area contributed by atoms with Crippen LogP contribution in [-0.4, -0.2) is 23.9 Å². The van der Waals surface area contributed by atoms with Gasteiger partial charge in [0, 0.05) is 31.4 Å². The SMILES string of the molecule is CNCc1ccc(OC)cc1OCc1ccn(C)n1. The number of aryl methyl sites for hydroxylation is 1. The highest BCUT2D eigenvalue weighted by atomic mass is 16.5. The Morgan fingerprint density at radius 1 is 1.32 bits per heavy atom. The molecule has 5 heteroatoms. The van der Waals surface area contributed by atoms with Crippen LogP contribution < -0.4 is 14.8 Å². The Kier molecular flexibility index (Phi) is 4.41. The van der Waals surface area contributed by atoms with Gasteiger partial charge in [-0.2, -0.15) is 5.10 Å². The van der Waals surface area contributed by atoms with Crippen molar-refractivity contribution in [2.45, 2.75) is 13.2 Å². The lowest BCUT2D eigenvalue weighted by molar-refractivity contribution is 0.294. The first-order chi connectivity index (χ1) is 9.22. The summed E-state index contributed by atoms with van der Waals surface area (Å²) in [5, 5.41) is 7.41. The van der Waals surface area contributed by atoms with Crippen molar-refractivity contribution in [2.24, 2.45) is 7.05 Å². The molecule has 2 aromatic rings. The molecular formula is C14H19N3O2. The third-order valence-electron chi connectivity index (χ3n) is 2.79. The summed E-state index contributed by atoms with van der Waals surface area (Å²) in [7, 11) is 5.45. The van der Waals surface area contributed by atoms with Gasteiger partial charge in [-0.05, 0) is 19.2 Å². The Morgan fingerprint density at radius 3 is 2.79 bits per heavy atom. The van der Waals surface area contributed by atoms with E-state index < -0.39 is 0 Å². The highest BCUT2D eigenvalue weighted by Crippen LogP contribution is 2.25. The van der Waals surface area contributed by atoms with Crippen LogP contribution >= 0.6 is 0 Å². The predicted molar refractivity (Wildman–Crippen MR) is 73.3 cm³/mol. The Balaban J connectivity index is 2.12. The lowest BCUT2D eigenvalue weighted by atomic mass is 10.2. The van der Waals surface area contributed by atoms with E-state index in [1.54, 1.807) is 11.8 Å². The quantitative estimate of drug-likeness (QED) is 0.860. The van der Waals surface area contributed by atoms with E-state index in [9.17, 15) is 0 Å². The smallest absolute Gasteiger partial charge is 0.132 e. The monoisotopic (exact) mass is 261 g/mol. The lowest BCUT2D eigenvalue weighted by Gasteiger charge is -2.12. The molecule has 0 atom stereocenters. The third kappa shape index (κ3) is 3.48. The fraction of sp³-hybridized carbons (Fsp3) is 0.357. The van der Waals surface area contributed by atoms with Crippen molar-refractivity contribution in [3.8, 4) is 11.5 Å². The molecule has 0 spiro atoms. The minimum Gasteiger partial charge on any atom is -0.497 e. The number of nitrogens with zero attached hydrogens (tertiary/aromatic N) is 2. The van der Waals surface area contributed by atoms with Gasteiger partial charge in [-0.25, -0.2) is 0 Å². The van der Waals surface area contributed by atoms with Crippen LogP contribution in [0, 0.1) is 0 Å². The second kappa shape index (κ2) is 6.24. The molecule has 0 saturated carbocycles. The highest BCUT2D eigenvalue weighted by Gasteiger charge is 2.06. The van der Waals surface area contributed by atoms with Gasteiger partial charge >= 0.3 is 0 Å². The molecule has 0 radical (unpaired) electrons. The maximum Gasteiger partial charge on any atom is 0.132 e. The second-order valence-electron chi connectivity index (χ2n) is 4.27. The molecule has 1 N–H and O–H groups in total. The molecule has 5 nitrogen and oxygen atoms in total. The van der Waals surface area contributed by atoms with Crippen molar-refractivity contribution in [3.63, 3.8) is 0 Å². The van der Waals surface area contributed by atoms with Crippen LogP contribution in [0.2, 0.25) is 0 Å². The van der Waals surface area contributed by atoms with Gasteiger partial charge in [0.05, 0.1) is 12.8 Å². The minimum atomic E-state index is 0.449. The number of nitrogens with one attached hydrogen (secondary N) is 1. The lowest BCUT2D eigenvalue weighted by Crippen LogP contribution is -2.08. The van der Waals surface area contributed by atoms with Crippen LogP contribution in [-0.2, 0) is 20.2 Å². The summed E-state index contributed by atoms with van der Waals surface area (Å²) in [6, 6.07) is 7.77. The number of benzene rings is 1. The van der Waals surface area contributed by atoms with E-state index in [1.807, 2.05) is 44.6 Å². The molecule has 1 aromatic carbocycles. The number of hydrogen-bond donors (Lipinski definition) is 1. The van der Waals surface area contributed by atoms with E-state index in [0.717, 1.165) is 29.3 Å². The van der Waals surface area contributed by atoms with Gasteiger partial charge in [-0.15, -0.1) is 0 Å². The molecule has 0 fully saturated rings. The fourth-order valence-electron chi connectivity index (χ4n) is 1.82. The van der Waals surface area contributed by atoms with Crippen LogP contribution in [0.4, 0.5) is 0 Å². The molecule has 102 valence electrons. The first kappa shape index (κ1) is 13.4. The van der Waals surface area contributed by atoms with Crippen molar-refractivity contribution in [3.05, 3.63) is 41.7 Å². The molecule has 1 heterocycles. The van der Waals surface area contributed by atoms with Gasteiger partial charge in [-0.1, -0.05) is 6.07 Å². The average Bonchev–Trinajstić information content (AvgIpc) is 2.83. The zero-order valence-corrected chi connectivity index (χ0v) is 11.5. The van der Waals surface area contributed by atoms with Crippen molar-refractivity contribution in [1.82, 2.24) is 15.1 Å². The van der Waals surface area contributed by atoms with E-state index in [2.05, 4.69) is 10.4 Å². The summed E-state index contributed by atoms with van der Waals surface area (Å²) >= 11 is 0. The minimum absolute atomic E-state index is 0.449. The maximum atomic E-state index is 5.84. The van der Waals surface area contributed by atoms with Crippen molar-refractivity contribution < 1.29 is 9.47 Å². The maximum absolute atomic E-state index is 5.84. The Hall–Kier alpha value is -2.01. The highest BCUT2D eigenvalue weighted by molar-refractivity contribution is 5.40. The fourth-order valence-corrected chi connectivity index (χ4v) is 1.82. The van der Waals surface area contributed by atoms with Crippen LogP contribution in [0.3, 0.4) is 0 Å². The number of rotatable bonds is 6. The number of hydrogen-bond acceptors (Lipinski definition) is 4. The van der Waals surface area contributed by atoms with Gasteiger partial charge in [0.25, 0.3) is 0 Å². The van der Waals surface area contributed by atoms with Gasteiger partial charge in [0.2, 0.25) is 0 Å². The zero-order chi connectivity index (χ0) is 13.7. The second-order valence-corrected chi connectivity index (χ2v) is 4.27. The normalized spacial score (nSPS) is 10.5. The number of methoxy groups -OCH3 is 1. The van der Waals surface area contributed by atoms with Crippen LogP contribution in [0.15, 0.2) is 30.5 Å². The van der Waals surface area contributed by atoms with E-state index >= 15 is 0 Å². The molecule has 0 saturated heterocycles. The van der Waals surface area contributed by atoms with Crippen LogP contribution in [0.5, 0.6) is 11.5 Å². The molecule has 1 aromatic heterocycles. The van der Waals surface area contributed by atoms with Gasteiger partial charge in [0.15, 0.2) is 0 Å². The Bertz CT molecular complexity index is 537. The molecular weight excluding hydrogens is 242 g/mol. The third-order valence-corrected chi connectivity index (χ3v) is 2.79. The van der Waals surface area contributed by atoms with E-state index in [-0.39, 0.29) is 0 Å². The van der Waals surface area contributed by atoms with Crippen LogP contribution in [0.25, 0.3) is 0 Å². The number of aromatic nitrogens is 2. The van der Waals surface area contributed by atoms with E-state index in [4.69, 9.17) is 9.47 Å². The van der Waals surface area contributed by atoms with Crippen molar-refractivity contribution in [1.29, 1.82) is 0 Å². The largest absolute Gasteiger partial charge is 0.497 e. The summed E-state index contributed by atoms with van der Waals surface area (Å²) in [6.45, 7) is 1.20. The first-order valence-electron chi connectivity index (χ1n) is 6.15. The average molecular weight is 261 g/mol. The van der Waals surface area contributed by atoms with E-state index in [1.165, 1.54) is 0 Å². The Labute approximate surface area is 113 Å². The summed E-state index contributed by atoms with van der Waals surface area (Å²) in [5.74, 6) is 1.61. The van der Waals surface area contributed by atoms with E-state index in [0.29, 0.717) is 6.61 Å². The molecule has 0 aliphatic rings. The predicted octanol–water partition coefficient (Wildman–Crippen LogP) is 1.73. The van der Waals surface area contributed by atoms with Crippen molar-refractivity contribution in [2.75, 3.05) is 14.2 Å². The molecule has 0 amide bonds. The molecule has 0 aliphatic heterocycles. The zero-order valence-electron chi connectivity index (χ0n) is 11.5. The number of ether oxygens (including phenoxy) is 2. The standard InChI is InChI=1S/C14H19N3O2/c1-15-9-11-4-5-13(18-3)8-14(11)19-10-12-6-7-17(2)16-12/h4-8,15H,9-10H2,1-3H3. The first-order valence-corrected chi connectivity index (χ1v) is 6.15. The van der Waals surface area contributed by atoms with Crippen molar-refractivity contribution >= 4 is 0 Å². The topological polar surface area (TPSA) is 48.3 Å². The molecule has 0 aliphatic carbocycles. The van der Waals surface area contributed by atoms with Gasteiger partial charge in [0.1, 0.15) is 18.1 Å². The Morgan fingerprint density at radius 2 is 2.16 bits per heavy atom. The molecule has 2 rings (SSSR count). The van der Waals surface area contributed by atoms with Gasteiger partial charge in [-0.3, -0.25) is 4.68 Å². The summed E-state index contributed by atoms with van der Waals surface area (Å²) in [5.41, 5.74) is 2.00. The summed E-state index contributed by atoms with van der Waals surface area (Å²) < 4.78 is 12.8. The van der Waals surface area contributed by atoms with Gasteiger partial charge < -0.3 is 14.8 Å². The molecule has 19 heavy (non-hydrogen) atoms. The molecule has 0 unspecified atom stereocenters. The molecule has 0 bridgehead atoms. The summed E-state index contributed by atoms with van der Waals surface area (Å²) in [6.07, 6.45) is 1.90. The van der Waals surface area contributed by atoms with Crippen LogP contribution in [0.1, 0.15) is 11.3 Å².